The zero-order chi connectivity index (χ0) is 13.0. The molecule has 5 heteroatoms. The first-order chi connectivity index (χ1) is 8.69. The molecule has 98 valence electrons. The van der Waals surface area contributed by atoms with Gasteiger partial charge in [-0.25, -0.2) is 0 Å². The van der Waals surface area contributed by atoms with E-state index in [9.17, 15) is 0 Å². The number of aromatic nitrogens is 2. The highest BCUT2D eigenvalue weighted by atomic mass is 35.5. The van der Waals surface area contributed by atoms with Crippen LogP contribution in [0.3, 0.4) is 0 Å². The van der Waals surface area contributed by atoms with Crippen molar-refractivity contribution in [2.45, 2.75) is 33.4 Å². The Morgan fingerprint density at radius 3 is 3.00 bits per heavy atom. The van der Waals surface area contributed by atoms with Crippen molar-refractivity contribution >= 4 is 11.6 Å². The van der Waals surface area contributed by atoms with Crippen molar-refractivity contribution in [1.29, 1.82) is 0 Å². The van der Waals surface area contributed by atoms with Gasteiger partial charge in [-0.15, -0.1) is 0 Å². The molecule has 2 rings (SSSR count). The number of hydrogen-bond donors (Lipinski definition) is 1. The summed E-state index contributed by atoms with van der Waals surface area (Å²) in [6.45, 7) is 6.52. The zero-order valence-electron chi connectivity index (χ0n) is 10.7. The first kappa shape index (κ1) is 13.2. The molecule has 0 fully saturated rings. The van der Waals surface area contributed by atoms with E-state index in [1.54, 1.807) is 10.9 Å². The molecule has 1 N–H and O–H groups in total. The standard InChI is InChI=1S/C13H18ClN3O/c1-3-4-15-6-11-5-12(18-9-11)7-17-8-13(14)10(2)16-17/h5,8-9,15H,3-4,6-7H2,1-2H3. The summed E-state index contributed by atoms with van der Waals surface area (Å²) in [7, 11) is 0. The van der Waals surface area contributed by atoms with E-state index in [0.717, 1.165) is 36.5 Å². The topological polar surface area (TPSA) is 43.0 Å². The van der Waals surface area contributed by atoms with Crippen molar-refractivity contribution in [2.75, 3.05) is 6.54 Å². The fourth-order valence-corrected chi connectivity index (χ4v) is 1.90. The van der Waals surface area contributed by atoms with Crippen LogP contribution in [-0.4, -0.2) is 16.3 Å². The second-order valence-electron chi connectivity index (χ2n) is 4.36. The second kappa shape index (κ2) is 6.07. The molecule has 0 bridgehead atoms. The van der Waals surface area contributed by atoms with Gasteiger partial charge in [0.1, 0.15) is 5.76 Å². The van der Waals surface area contributed by atoms with Gasteiger partial charge in [0.2, 0.25) is 0 Å². The summed E-state index contributed by atoms with van der Waals surface area (Å²) in [5.74, 6) is 0.891. The van der Waals surface area contributed by atoms with E-state index in [-0.39, 0.29) is 0 Å². The monoisotopic (exact) mass is 267 g/mol. The molecular formula is C13H18ClN3O. The molecule has 2 heterocycles. The Balaban J connectivity index is 1.93. The van der Waals surface area contributed by atoms with Gasteiger partial charge in [0, 0.05) is 18.3 Å². The van der Waals surface area contributed by atoms with Gasteiger partial charge in [-0.2, -0.15) is 5.10 Å². The minimum absolute atomic E-state index is 0.612. The molecule has 2 aromatic rings. The van der Waals surface area contributed by atoms with E-state index in [1.807, 2.05) is 19.2 Å². The van der Waals surface area contributed by atoms with Crippen molar-refractivity contribution in [3.05, 3.63) is 40.6 Å². The fourth-order valence-electron chi connectivity index (χ4n) is 1.75. The molecule has 2 aromatic heterocycles. The van der Waals surface area contributed by atoms with Crippen molar-refractivity contribution in [3.63, 3.8) is 0 Å². The van der Waals surface area contributed by atoms with Gasteiger partial charge < -0.3 is 9.73 Å². The number of aryl methyl sites for hydroxylation is 1. The molecule has 0 aliphatic rings. The lowest BCUT2D eigenvalue weighted by atomic mass is 10.3. The Kier molecular flexibility index (Phi) is 4.44. The maximum absolute atomic E-state index is 5.96. The lowest BCUT2D eigenvalue weighted by Gasteiger charge is -1.98. The van der Waals surface area contributed by atoms with Crippen LogP contribution in [0.25, 0.3) is 0 Å². The maximum atomic E-state index is 5.96. The smallest absolute Gasteiger partial charge is 0.125 e. The quantitative estimate of drug-likeness (QED) is 0.819. The molecule has 0 aliphatic carbocycles. The van der Waals surface area contributed by atoms with E-state index in [1.165, 1.54) is 0 Å². The van der Waals surface area contributed by atoms with Gasteiger partial charge in [0.25, 0.3) is 0 Å². The molecule has 0 aromatic carbocycles. The van der Waals surface area contributed by atoms with Crippen LogP contribution in [0.15, 0.2) is 22.9 Å². The lowest BCUT2D eigenvalue weighted by molar-refractivity contribution is 0.477. The average Bonchev–Trinajstić information content (AvgIpc) is 2.88. The summed E-state index contributed by atoms with van der Waals surface area (Å²) in [6.07, 6.45) is 4.74. The molecule has 0 atom stereocenters. The van der Waals surface area contributed by atoms with Gasteiger partial charge in [-0.3, -0.25) is 4.68 Å². The van der Waals surface area contributed by atoms with E-state index in [2.05, 4.69) is 17.3 Å². The highest BCUT2D eigenvalue weighted by Gasteiger charge is 2.06. The Morgan fingerprint density at radius 1 is 1.50 bits per heavy atom. The van der Waals surface area contributed by atoms with Crippen molar-refractivity contribution in [2.24, 2.45) is 0 Å². The number of nitrogens with zero attached hydrogens (tertiary/aromatic N) is 2. The first-order valence-electron chi connectivity index (χ1n) is 6.15. The first-order valence-corrected chi connectivity index (χ1v) is 6.53. The Bertz CT molecular complexity index is 485. The molecule has 4 nitrogen and oxygen atoms in total. The van der Waals surface area contributed by atoms with Gasteiger partial charge >= 0.3 is 0 Å². The Labute approximate surface area is 112 Å². The molecule has 0 aliphatic heterocycles. The normalized spacial score (nSPS) is 11.1. The largest absolute Gasteiger partial charge is 0.467 e. The molecule has 0 radical (unpaired) electrons. The number of hydrogen-bond acceptors (Lipinski definition) is 3. The highest BCUT2D eigenvalue weighted by Crippen LogP contribution is 2.14. The fraction of sp³-hybridized carbons (Fsp3) is 0.462. The highest BCUT2D eigenvalue weighted by molar-refractivity contribution is 6.31. The number of furan rings is 1. The maximum Gasteiger partial charge on any atom is 0.125 e. The molecule has 0 saturated carbocycles. The summed E-state index contributed by atoms with van der Waals surface area (Å²) < 4.78 is 7.30. The minimum Gasteiger partial charge on any atom is -0.467 e. The summed E-state index contributed by atoms with van der Waals surface area (Å²) in [4.78, 5) is 0. The SMILES string of the molecule is CCCNCc1coc(Cn2cc(Cl)c(C)n2)c1. The molecule has 0 saturated heterocycles. The van der Waals surface area contributed by atoms with E-state index < -0.39 is 0 Å². The van der Waals surface area contributed by atoms with Gasteiger partial charge in [0.15, 0.2) is 0 Å². The third-order valence-corrected chi connectivity index (χ3v) is 3.04. The minimum atomic E-state index is 0.612. The van der Waals surface area contributed by atoms with Gasteiger partial charge in [0.05, 0.1) is 23.5 Å². The van der Waals surface area contributed by atoms with Crippen molar-refractivity contribution < 1.29 is 4.42 Å². The third-order valence-electron chi connectivity index (χ3n) is 2.67. The summed E-state index contributed by atoms with van der Waals surface area (Å²) in [6, 6.07) is 2.05. The van der Waals surface area contributed by atoms with E-state index >= 15 is 0 Å². The van der Waals surface area contributed by atoms with Crippen molar-refractivity contribution in [1.82, 2.24) is 15.1 Å². The molecule has 0 unspecified atom stereocenters. The van der Waals surface area contributed by atoms with E-state index in [4.69, 9.17) is 16.0 Å². The van der Waals surface area contributed by atoms with Crippen LogP contribution in [0.5, 0.6) is 0 Å². The second-order valence-corrected chi connectivity index (χ2v) is 4.77. The van der Waals surface area contributed by atoms with Crippen LogP contribution in [-0.2, 0) is 13.1 Å². The number of rotatable bonds is 6. The number of nitrogens with one attached hydrogen (secondary N) is 1. The third kappa shape index (κ3) is 3.37. The Hall–Kier alpha value is -1.26. The van der Waals surface area contributed by atoms with Gasteiger partial charge in [-0.05, 0) is 26.0 Å². The Morgan fingerprint density at radius 2 is 2.33 bits per heavy atom. The average molecular weight is 268 g/mol. The van der Waals surface area contributed by atoms with Crippen LogP contribution in [0.4, 0.5) is 0 Å². The van der Waals surface area contributed by atoms with Crippen LogP contribution in [0.1, 0.15) is 30.4 Å². The van der Waals surface area contributed by atoms with E-state index in [0.29, 0.717) is 11.6 Å². The molecular weight excluding hydrogens is 250 g/mol. The molecule has 0 spiro atoms. The summed E-state index contributed by atoms with van der Waals surface area (Å²) in [5.41, 5.74) is 2.00. The van der Waals surface area contributed by atoms with Crippen molar-refractivity contribution in [3.8, 4) is 0 Å². The molecule has 18 heavy (non-hydrogen) atoms. The zero-order valence-corrected chi connectivity index (χ0v) is 11.5. The van der Waals surface area contributed by atoms with Crippen LogP contribution in [0.2, 0.25) is 5.02 Å². The molecule has 0 amide bonds. The summed E-state index contributed by atoms with van der Waals surface area (Å²) >= 11 is 5.96. The predicted molar refractivity (Wildman–Crippen MR) is 71.8 cm³/mol. The summed E-state index contributed by atoms with van der Waals surface area (Å²) in [5, 5.41) is 8.32. The van der Waals surface area contributed by atoms with Crippen LogP contribution >= 0.6 is 11.6 Å². The lowest BCUT2D eigenvalue weighted by Crippen LogP contribution is -2.13. The number of halogens is 1. The van der Waals surface area contributed by atoms with Gasteiger partial charge in [-0.1, -0.05) is 18.5 Å². The predicted octanol–water partition coefficient (Wildman–Crippen LogP) is 2.99. The van der Waals surface area contributed by atoms with Crippen LogP contribution in [0, 0.1) is 6.92 Å². The van der Waals surface area contributed by atoms with Crippen LogP contribution < -0.4 is 5.32 Å².